The van der Waals surface area contributed by atoms with Crippen molar-refractivity contribution in [2.75, 3.05) is 40.4 Å². The zero-order chi connectivity index (χ0) is 24.4. The summed E-state index contributed by atoms with van der Waals surface area (Å²) in [4.78, 5) is 37.8. The van der Waals surface area contributed by atoms with Gasteiger partial charge in [0.25, 0.3) is 5.91 Å². The van der Waals surface area contributed by atoms with Gasteiger partial charge in [-0.2, -0.15) is 0 Å². The van der Waals surface area contributed by atoms with Gasteiger partial charge in [-0.25, -0.2) is 4.98 Å². The van der Waals surface area contributed by atoms with Crippen molar-refractivity contribution in [3.05, 3.63) is 53.9 Å². The maximum Gasteiger partial charge on any atom is 0.254 e. The van der Waals surface area contributed by atoms with Gasteiger partial charge < -0.3 is 24.3 Å². The van der Waals surface area contributed by atoms with Crippen molar-refractivity contribution in [3.8, 4) is 11.5 Å². The highest BCUT2D eigenvalue weighted by Crippen LogP contribution is 2.34. The van der Waals surface area contributed by atoms with Gasteiger partial charge in [0.1, 0.15) is 17.1 Å². The molecule has 2 aliphatic heterocycles. The molecule has 0 bridgehead atoms. The van der Waals surface area contributed by atoms with Crippen LogP contribution in [0.25, 0.3) is 11.0 Å². The first-order chi connectivity index (χ1) is 17.1. The number of aromatic amines is 1. The standard InChI is InChI=1S/C27H32N4O4/c1-34-21-14-20(15-22(16-21)35-2)27(33)31-12-7-19(8-13-31)26(32)30-10-5-18(6-11-30)24-17-29-25-23(24)4-3-9-28-25/h3-4,9,14-19H,5-8,10-13H2,1-2H3,(H,28,29). The average molecular weight is 477 g/mol. The summed E-state index contributed by atoms with van der Waals surface area (Å²) < 4.78 is 10.6. The summed E-state index contributed by atoms with van der Waals surface area (Å²) in [6, 6.07) is 9.30. The van der Waals surface area contributed by atoms with Gasteiger partial charge in [-0.05, 0) is 61.4 Å². The van der Waals surface area contributed by atoms with E-state index in [1.54, 1.807) is 38.6 Å². The lowest BCUT2D eigenvalue weighted by Crippen LogP contribution is -2.46. The number of benzene rings is 1. The number of nitrogens with zero attached hydrogens (tertiary/aromatic N) is 3. The molecular weight excluding hydrogens is 444 g/mol. The van der Waals surface area contributed by atoms with Crippen molar-refractivity contribution in [2.24, 2.45) is 5.92 Å². The predicted octanol–water partition coefficient (Wildman–Crippen LogP) is 3.84. The molecule has 2 aromatic heterocycles. The molecule has 3 aromatic rings. The molecule has 184 valence electrons. The van der Waals surface area contributed by atoms with Crippen LogP contribution >= 0.6 is 0 Å². The van der Waals surface area contributed by atoms with E-state index in [1.165, 1.54) is 10.9 Å². The Bertz CT molecular complexity index is 1180. The van der Waals surface area contributed by atoms with E-state index < -0.39 is 0 Å². The van der Waals surface area contributed by atoms with Crippen LogP contribution in [-0.2, 0) is 4.79 Å². The number of pyridine rings is 1. The fourth-order valence-electron chi connectivity index (χ4n) is 5.43. The second-order valence-corrected chi connectivity index (χ2v) is 9.41. The molecule has 5 rings (SSSR count). The van der Waals surface area contributed by atoms with E-state index in [-0.39, 0.29) is 17.7 Å². The van der Waals surface area contributed by atoms with Crippen LogP contribution < -0.4 is 9.47 Å². The molecule has 2 aliphatic rings. The first-order valence-electron chi connectivity index (χ1n) is 12.3. The van der Waals surface area contributed by atoms with Crippen molar-refractivity contribution in [1.82, 2.24) is 19.8 Å². The summed E-state index contributed by atoms with van der Waals surface area (Å²) in [5.41, 5.74) is 2.77. The molecule has 1 aromatic carbocycles. The highest BCUT2D eigenvalue weighted by molar-refractivity contribution is 5.95. The van der Waals surface area contributed by atoms with Crippen LogP contribution in [0.4, 0.5) is 0 Å². The van der Waals surface area contributed by atoms with Crippen LogP contribution in [0, 0.1) is 5.92 Å². The molecular formula is C27H32N4O4. The van der Waals surface area contributed by atoms with E-state index >= 15 is 0 Å². The normalized spacial score (nSPS) is 17.5. The van der Waals surface area contributed by atoms with Gasteiger partial charge >= 0.3 is 0 Å². The molecule has 0 atom stereocenters. The van der Waals surface area contributed by atoms with E-state index in [9.17, 15) is 9.59 Å². The number of rotatable bonds is 5. The highest BCUT2D eigenvalue weighted by Gasteiger charge is 2.33. The molecule has 8 heteroatoms. The maximum atomic E-state index is 13.2. The molecule has 0 radical (unpaired) electrons. The SMILES string of the molecule is COc1cc(OC)cc(C(=O)N2CCC(C(=O)N3CCC(c4c[nH]c5ncccc45)CC3)CC2)c1. The predicted molar refractivity (Wildman–Crippen MR) is 133 cm³/mol. The zero-order valence-electron chi connectivity index (χ0n) is 20.3. The van der Waals surface area contributed by atoms with Gasteiger partial charge in [-0.15, -0.1) is 0 Å². The van der Waals surface area contributed by atoms with E-state index in [0.717, 1.165) is 31.6 Å². The second kappa shape index (κ2) is 9.98. The molecule has 2 fully saturated rings. The topological polar surface area (TPSA) is 87.8 Å². The van der Waals surface area contributed by atoms with E-state index in [4.69, 9.17) is 9.47 Å². The van der Waals surface area contributed by atoms with Crippen LogP contribution in [-0.4, -0.2) is 72.0 Å². The van der Waals surface area contributed by atoms with Crippen LogP contribution in [0.5, 0.6) is 11.5 Å². The lowest BCUT2D eigenvalue weighted by atomic mass is 9.88. The highest BCUT2D eigenvalue weighted by atomic mass is 16.5. The summed E-state index contributed by atoms with van der Waals surface area (Å²) >= 11 is 0. The van der Waals surface area contributed by atoms with Crippen molar-refractivity contribution < 1.29 is 19.1 Å². The largest absolute Gasteiger partial charge is 0.497 e. The first-order valence-corrected chi connectivity index (χ1v) is 12.3. The Morgan fingerprint density at radius 3 is 2.26 bits per heavy atom. The quantitative estimate of drug-likeness (QED) is 0.605. The summed E-state index contributed by atoms with van der Waals surface area (Å²) in [7, 11) is 3.14. The summed E-state index contributed by atoms with van der Waals surface area (Å²) in [5.74, 6) is 1.78. The van der Waals surface area contributed by atoms with Gasteiger partial charge in [-0.3, -0.25) is 9.59 Å². The Labute approximate surface area is 205 Å². The fourth-order valence-corrected chi connectivity index (χ4v) is 5.43. The third-order valence-electron chi connectivity index (χ3n) is 7.46. The minimum atomic E-state index is -0.0536. The Morgan fingerprint density at radius 1 is 0.943 bits per heavy atom. The van der Waals surface area contributed by atoms with E-state index in [0.29, 0.717) is 48.9 Å². The zero-order valence-corrected chi connectivity index (χ0v) is 20.3. The molecule has 2 saturated heterocycles. The smallest absolute Gasteiger partial charge is 0.254 e. The number of methoxy groups -OCH3 is 2. The molecule has 0 aliphatic carbocycles. The molecule has 0 spiro atoms. The Morgan fingerprint density at radius 2 is 1.60 bits per heavy atom. The maximum absolute atomic E-state index is 13.2. The molecule has 35 heavy (non-hydrogen) atoms. The number of aromatic nitrogens is 2. The Balaban J connectivity index is 1.15. The number of hydrogen-bond acceptors (Lipinski definition) is 5. The van der Waals surface area contributed by atoms with Crippen LogP contribution in [0.1, 0.15) is 47.5 Å². The number of carbonyl (C=O) groups excluding carboxylic acids is 2. The van der Waals surface area contributed by atoms with Gasteiger partial charge in [0.05, 0.1) is 14.2 Å². The van der Waals surface area contributed by atoms with Crippen molar-refractivity contribution in [2.45, 2.75) is 31.6 Å². The van der Waals surface area contributed by atoms with Crippen molar-refractivity contribution in [1.29, 1.82) is 0 Å². The minimum absolute atomic E-state index is 0.0206. The Hall–Kier alpha value is -3.55. The number of likely N-dealkylation sites (tertiary alicyclic amines) is 2. The lowest BCUT2D eigenvalue weighted by molar-refractivity contribution is -0.138. The average Bonchev–Trinajstić information content (AvgIpc) is 3.36. The molecule has 1 N–H and O–H groups in total. The minimum Gasteiger partial charge on any atom is -0.497 e. The number of ether oxygens (including phenoxy) is 2. The number of hydrogen-bond donors (Lipinski definition) is 1. The number of carbonyl (C=O) groups is 2. The molecule has 0 saturated carbocycles. The first kappa shape index (κ1) is 23.2. The third kappa shape index (κ3) is 4.70. The molecule has 8 nitrogen and oxygen atoms in total. The summed E-state index contributed by atoms with van der Waals surface area (Å²) in [6.07, 6.45) is 7.19. The van der Waals surface area contributed by atoms with Crippen LogP contribution in [0.15, 0.2) is 42.7 Å². The van der Waals surface area contributed by atoms with Gasteiger partial charge in [0, 0.05) is 61.5 Å². The fraction of sp³-hybridized carbons (Fsp3) is 0.444. The van der Waals surface area contributed by atoms with Crippen molar-refractivity contribution in [3.63, 3.8) is 0 Å². The van der Waals surface area contributed by atoms with Crippen LogP contribution in [0.2, 0.25) is 0 Å². The Kier molecular flexibility index (Phi) is 6.61. The summed E-state index contributed by atoms with van der Waals surface area (Å²) in [5, 5.41) is 1.18. The lowest BCUT2D eigenvalue weighted by Gasteiger charge is -2.37. The molecule has 4 heterocycles. The van der Waals surface area contributed by atoms with Crippen LogP contribution in [0.3, 0.4) is 0 Å². The second-order valence-electron chi connectivity index (χ2n) is 9.41. The van der Waals surface area contributed by atoms with Crippen molar-refractivity contribution >= 4 is 22.8 Å². The molecule has 0 unspecified atom stereocenters. The number of piperidine rings is 2. The number of amides is 2. The number of H-pyrrole nitrogens is 1. The number of fused-ring (bicyclic) bond motifs is 1. The van der Waals surface area contributed by atoms with Gasteiger partial charge in [0.2, 0.25) is 5.91 Å². The van der Waals surface area contributed by atoms with Gasteiger partial charge in [-0.1, -0.05) is 0 Å². The van der Waals surface area contributed by atoms with E-state index in [1.807, 2.05) is 15.9 Å². The summed E-state index contributed by atoms with van der Waals surface area (Å²) in [6.45, 7) is 2.71. The third-order valence-corrected chi connectivity index (χ3v) is 7.46. The molecule has 2 amide bonds. The van der Waals surface area contributed by atoms with E-state index in [2.05, 4.69) is 22.2 Å². The monoisotopic (exact) mass is 476 g/mol. The van der Waals surface area contributed by atoms with Gasteiger partial charge in [0.15, 0.2) is 0 Å². The number of nitrogens with one attached hydrogen (secondary N) is 1.